The number of nitrogens with zero attached hydrogens (tertiary/aromatic N) is 2. The maximum atomic E-state index is 13.8. The molecule has 1 unspecified atom stereocenters. The first-order valence-corrected chi connectivity index (χ1v) is 9.43. The monoisotopic (exact) mass is 427 g/mol. The maximum absolute atomic E-state index is 13.8. The molecule has 7 heteroatoms. The van der Waals surface area contributed by atoms with Gasteiger partial charge in [-0.3, -0.25) is 4.79 Å². The molecule has 5 nitrogen and oxygen atoms in total. The van der Waals surface area contributed by atoms with Crippen LogP contribution >= 0.6 is 15.9 Å². The van der Waals surface area contributed by atoms with Crippen LogP contribution in [0.15, 0.2) is 18.2 Å². The summed E-state index contributed by atoms with van der Waals surface area (Å²) in [4.78, 5) is 26.0. The Bertz CT molecular complexity index is 756. The zero-order chi connectivity index (χ0) is 19.6. The Morgan fingerprint density at radius 2 is 1.96 bits per heavy atom. The van der Waals surface area contributed by atoms with Gasteiger partial charge in [0.1, 0.15) is 22.8 Å². The van der Waals surface area contributed by atoms with Gasteiger partial charge in [0, 0.05) is 6.92 Å². The third-order valence-electron chi connectivity index (χ3n) is 4.10. The smallest absolute Gasteiger partial charge is 0.406 e. The van der Waals surface area contributed by atoms with Crippen LogP contribution in [0.2, 0.25) is 0 Å². The highest BCUT2D eigenvalue weighted by molar-refractivity contribution is 9.09. The molecule has 1 aliphatic heterocycles. The second-order valence-electron chi connectivity index (χ2n) is 7.50. The van der Waals surface area contributed by atoms with Crippen LogP contribution in [0.25, 0.3) is 0 Å². The van der Waals surface area contributed by atoms with E-state index in [1.165, 1.54) is 6.07 Å². The van der Waals surface area contributed by atoms with Crippen molar-refractivity contribution in [2.75, 3.05) is 19.6 Å². The standard InChI is InChI=1S/C19H25BrFN2O3/c1-12-6-7-14(10-15(12)21)16(20)17(24)22-8-9-23(13(2)11-22)18(25)26-19(3,4)5/h6-7,10,16H,8-9,11H2,1-5H3/q+1. The van der Waals surface area contributed by atoms with Crippen molar-refractivity contribution in [3.63, 3.8) is 0 Å². The van der Waals surface area contributed by atoms with Gasteiger partial charge in [0.2, 0.25) is 5.91 Å². The van der Waals surface area contributed by atoms with Crippen LogP contribution in [0, 0.1) is 12.7 Å². The number of alkyl halides is 1. The first-order chi connectivity index (χ1) is 12.0. The van der Waals surface area contributed by atoms with Crippen LogP contribution in [0.4, 0.5) is 9.18 Å². The fourth-order valence-corrected chi connectivity index (χ4v) is 3.25. The van der Waals surface area contributed by atoms with Gasteiger partial charge < -0.3 is 9.64 Å². The number of amides is 2. The quantitative estimate of drug-likeness (QED) is 0.532. The van der Waals surface area contributed by atoms with Gasteiger partial charge in [0.15, 0.2) is 12.3 Å². The van der Waals surface area contributed by atoms with Gasteiger partial charge >= 0.3 is 6.09 Å². The van der Waals surface area contributed by atoms with Gasteiger partial charge in [0.25, 0.3) is 0 Å². The first-order valence-electron chi connectivity index (χ1n) is 8.51. The second-order valence-corrected chi connectivity index (χ2v) is 8.41. The lowest BCUT2D eigenvalue weighted by atomic mass is 10.1. The molecule has 0 saturated heterocycles. The third-order valence-corrected chi connectivity index (χ3v) is 5.03. The topological polar surface area (TPSA) is 49.6 Å². The van der Waals surface area contributed by atoms with Crippen molar-refractivity contribution in [2.45, 2.75) is 45.0 Å². The molecule has 142 valence electrons. The largest absolute Gasteiger partial charge is 0.596 e. The van der Waals surface area contributed by atoms with Crippen molar-refractivity contribution in [2.24, 2.45) is 0 Å². The van der Waals surface area contributed by atoms with Gasteiger partial charge in [-0.2, -0.15) is 4.79 Å². The zero-order valence-corrected chi connectivity index (χ0v) is 17.4. The van der Waals surface area contributed by atoms with Crippen molar-refractivity contribution < 1.29 is 23.3 Å². The predicted molar refractivity (Wildman–Crippen MR) is 101 cm³/mol. The summed E-state index contributed by atoms with van der Waals surface area (Å²) in [5.41, 5.74) is 1.29. The molecule has 26 heavy (non-hydrogen) atoms. The van der Waals surface area contributed by atoms with Crippen molar-refractivity contribution >= 4 is 33.6 Å². The number of benzene rings is 1. The second kappa shape index (κ2) is 7.86. The number of aryl methyl sites for hydroxylation is 1. The van der Waals surface area contributed by atoms with E-state index in [0.717, 1.165) is 5.71 Å². The highest BCUT2D eigenvalue weighted by Gasteiger charge is 2.35. The van der Waals surface area contributed by atoms with Crippen LogP contribution < -0.4 is 0 Å². The summed E-state index contributed by atoms with van der Waals surface area (Å²) in [5, 5.41) is 0. The minimum atomic E-state index is -0.626. The average Bonchev–Trinajstić information content (AvgIpc) is 2.54. The Kier molecular flexibility index (Phi) is 6.21. The number of carbonyl (C=O) groups is 2. The van der Waals surface area contributed by atoms with Crippen LogP contribution in [-0.4, -0.2) is 52.4 Å². The molecule has 0 N–H and O–H groups in total. The summed E-state index contributed by atoms with van der Waals surface area (Å²) in [6, 6.07) is 4.77. The van der Waals surface area contributed by atoms with E-state index in [2.05, 4.69) is 15.9 Å². The normalized spacial score (nSPS) is 16.5. The van der Waals surface area contributed by atoms with E-state index < -0.39 is 16.5 Å². The lowest BCUT2D eigenvalue weighted by Gasteiger charge is -2.27. The van der Waals surface area contributed by atoms with Gasteiger partial charge in [-0.25, -0.2) is 4.39 Å². The molecule has 2 amide bonds. The SMILES string of the molecule is CC1=[N+](C(=O)OC(C)(C)C)CCN(C(=O)C(Br)c2ccc(C)c(F)c2)C1. The molecule has 0 aliphatic carbocycles. The van der Waals surface area contributed by atoms with E-state index >= 15 is 0 Å². The van der Waals surface area contributed by atoms with E-state index in [-0.39, 0.29) is 11.7 Å². The number of ether oxygens (including phenoxy) is 1. The van der Waals surface area contributed by atoms with E-state index in [1.54, 1.807) is 35.5 Å². The third kappa shape index (κ3) is 4.90. The molecule has 0 fully saturated rings. The van der Waals surface area contributed by atoms with Crippen LogP contribution in [0.5, 0.6) is 0 Å². The van der Waals surface area contributed by atoms with Crippen LogP contribution in [0.1, 0.15) is 43.6 Å². The Morgan fingerprint density at radius 3 is 2.50 bits per heavy atom. The molecule has 0 saturated carbocycles. The van der Waals surface area contributed by atoms with Gasteiger partial charge in [-0.15, -0.1) is 4.58 Å². The number of rotatable bonds is 2. The average molecular weight is 428 g/mol. The lowest BCUT2D eigenvalue weighted by Crippen LogP contribution is -2.49. The molecule has 0 spiro atoms. The van der Waals surface area contributed by atoms with E-state index in [0.29, 0.717) is 30.8 Å². The number of hydrogen-bond donors (Lipinski definition) is 0. The molecular weight excluding hydrogens is 403 g/mol. The van der Waals surface area contributed by atoms with Crippen molar-refractivity contribution in [1.82, 2.24) is 4.90 Å². The molecule has 2 rings (SSSR count). The number of halogens is 2. The maximum Gasteiger partial charge on any atom is 0.596 e. The molecular formula is C19H25BrFN2O3+. The summed E-state index contributed by atoms with van der Waals surface area (Å²) in [5.74, 6) is -0.492. The summed E-state index contributed by atoms with van der Waals surface area (Å²) in [6.45, 7) is 10.0. The molecule has 0 radical (unpaired) electrons. The molecule has 0 aromatic heterocycles. The Morgan fingerprint density at radius 1 is 1.31 bits per heavy atom. The van der Waals surface area contributed by atoms with Crippen LogP contribution in [-0.2, 0) is 9.53 Å². The zero-order valence-electron chi connectivity index (χ0n) is 15.8. The number of carbonyl (C=O) groups excluding carboxylic acids is 2. The Labute approximate surface area is 162 Å². The van der Waals surface area contributed by atoms with Crippen molar-refractivity contribution in [3.05, 3.63) is 35.1 Å². The number of hydrogen-bond acceptors (Lipinski definition) is 3. The molecule has 1 aliphatic rings. The summed E-state index contributed by atoms with van der Waals surface area (Å²) >= 11 is 3.38. The Balaban J connectivity index is 2.10. The predicted octanol–water partition coefficient (Wildman–Crippen LogP) is 3.82. The molecule has 1 aromatic rings. The summed E-state index contributed by atoms with van der Waals surface area (Å²) in [6.07, 6.45) is -0.405. The fraction of sp³-hybridized carbons (Fsp3) is 0.526. The fourth-order valence-electron chi connectivity index (χ4n) is 2.67. The Hall–Kier alpha value is -1.76. The molecule has 1 atom stereocenters. The van der Waals surface area contributed by atoms with Crippen LogP contribution in [0.3, 0.4) is 0 Å². The van der Waals surface area contributed by atoms with E-state index in [1.807, 2.05) is 20.8 Å². The molecule has 1 heterocycles. The summed E-state index contributed by atoms with van der Waals surface area (Å²) in [7, 11) is 0. The van der Waals surface area contributed by atoms with Gasteiger partial charge in [0.05, 0.1) is 6.54 Å². The van der Waals surface area contributed by atoms with E-state index in [9.17, 15) is 14.0 Å². The molecule has 1 aromatic carbocycles. The molecule has 0 bridgehead atoms. The minimum Gasteiger partial charge on any atom is -0.406 e. The van der Waals surface area contributed by atoms with Gasteiger partial charge in [-0.1, -0.05) is 28.1 Å². The highest BCUT2D eigenvalue weighted by atomic mass is 79.9. The first kappa shape index (κ1) is 20.6. The lowest BCUT2D eigenvalue weighted by molar-refractivity contribution is -0.457. The van der Waals surface area contributed by atoms with E-state index in [4.69, 9.17) is 4.74 Å². The summed E-state index contributed by atoms with van der Waals surface area (Å²) < 4.78 is 20.7. The van der Waals surface area contributed by atoms with Crippen molar-refractivity contribution in [3.8, 4) is 0 Å². The van der Waals surface area contributed by atoms with Gasteiger partial charge in [-0.05, 0) is 44.9 Å². The highest BCUT2D eigenvalue weighted by Crippen LogP contribution is 2.27. The van der Waals surface area contributed by atoms with Crippen molar-refractivity contribution in [1.29, 1.82) is 0 Å². The minimum absolute atomic E-state index is 0.156.